The lowest BCUT2D eigenvalue weighted by atomic mass is 9.95. The van der Waals surface area contributed by atoms with Crippen molar-refractivity contribution < 1.29 is 15.0 Å². The summed E-state index contributed by atoms with van der Waals surface area (Å²) in [6.07, 6.45) is 0.713. The Labute approximate surface area is 105 Å². The normalized spacial score (nSPS) is 26.8. The van der Waals surface area contributed by atoms with Crippen LogP contribution in [0.2, 0.25) is 0 Å². The van der Waals surface area contributed by atoms with E-state index < -0.39 is 5.97 Å². The van der Waals surface area contributed by atoms with Crippen molar-refractivity contribution in [3.05, 3.63) is 35.9 Å². The molecule has 17 heavy (non-hydrogen) atoms. The van der Waals surface area contributed by atoms with Crippen LogP contribution in [0, 0.1) is 5.92 Å². The van der Waals surface area contributed by atoms with Gasteiger partial charge in [0.25, 0.3) is 0 Å². The minimum atomic E-state index is -0.710. The van der Waals surface area contributed by atoms with Gasteiger partial charge in [0, 0.05) is 16.9 Å². The number of benzene rings is 1. The Morgan fingerprint density at radius 1 is 1.41 bits per heavy atom. The van der Waals surface area contributed by atoms with E-state index in [0.29, 0.717) is 12.2 Å². The van der Waals surface area contributed by atoms with E-state index in [4.69, 9.17) is 10.2 Å². The number of aliphatic carboxylic acids is 1. The Morgan fingerprint density at radius 2 is 2.12 bits per heavy atom. The molecule has 1 aliphatic rings. The molecule has 1 aliphatic carbocycles. The maximum Gasteiger partial charge on any atom is 0.307 e. The Kier molecular flexibility index (Phi) is 3.74. The summed E-state index contributed by atoms with van der Waals surface area (Å²) in [5.41, 5.74) is 0.894. The molecule has 0 heterocycles. The lowest BCUT2D eigenvalue weighted by Crippen LogP contribution is -2.18. The number of aliphatic hydroxyl groups is 1. The van der Waals surface area contributed by atoms with E-state index in [1.54, 1.807) is 11.8 Å². The van der Waals surface area contributed by atoms with Crippen LogP contribution in [0.1, 0.15) is 12.0 Å². The van der Waals surface area contributed by atoms with Crippen LogP contribution < -0.4 is 0 Å². The summed E-state index contributed by atoms with van der Waals surface area (Å²) >= 11 is 1.63. The molecule has 0 amide bonds. The summed E-state index contributed by atoms with van der Waals surface area (Å²) in [5, 5.41) is 17.9. The first-order valence-corrected chi connectivity index (χ1v) is 6.83. The molecule has 0 spiro atoms. The standard InChI is InChI=1S/C13H16O3S/c14-6-7-17-9-13(8-11(13)12(15)16)10-4-2-1-3-5-10/h1-5,11,14H,6-9H2,(H,15,16). The van der Waals surface area contributed by atoms with Gasteiger partial charge in [-0.15, -0.1) is 0 Å². The van der Waals surface area contributed by atoms with Crippen LogP contribution in [0.5, 0.6) is 0 Å². The summed E-state index contributed by atoms with van der Waals surface area (Å²) in [6.45, 7) is 0.146. The molecule has 92 valence electrons. The molecule has 1 fully saturated rings. The van der Waals surface area contributed by atoms with Crippen molar-refractivity contribution in [2.45, 2.75) is 11.8 Å². The molecule has 1 aromatic rings. The lowest BCUT2D eigenvalue weighted by Gasteiger charge is -2.16. The fourth-order valence-corrected chi connectivity index (χ4v) is 3.40. The predicted molar refractivity (Wildman–Crippen MR) is 68.3 cm³/mol. The van der Waals surface area contributed by atoms with E-state index in [1.807, 2.05) is 30.3 Å². The molecular formula is C13H16O3S. The number of carboxylic acids is 1. The molecule has 0 aromatic heterocycles. The molecular weight excluding hydrogens is 236 g/mol. The molecule has 2 atom stereocenters. The quantitative estimate of drug-likeness (QED) is 0.757. The van der Waals surface area contributed by atoms with Crippen molar-refractivity contribution in [2.75, 3.05) is 18.1 Å². The van der Waals surface area contributed by atoms with Crippen molar-refractivity contribution in [3.63, 3.8) is 0 Å². The van der Waals surface area contributed by atoms with Crippen LogP contribution in [0.3, 0.4) is 0 Å². The number of carbonyl (C=O) groups is 1. The number of thioether (sulfide) groups is 1. The third-order valence-corrected chi connectivity index (χ3v) is 4.51. The van der Waals surface area contributed by atoms with Gasteiger partial charge < -0.3 is 10.2 Å². The highest BCUT2D eigenvalue weighted by Gasteiger charge is 2.59. The van der Waals surface area contributed by atoms with Gasteiger partial charge in [-0.3, -0.25) is 4.79 Å². The zero-order valence-electron chi connectivity index (χ0n) is 9.50. The average Bonchev–Trinajstić information content (AvgIpc) is 3.07. The van der Waals surface area contributed by atoms with E-state index >= 15 is 0 Å². The molecule has 0 saturated heterocycles. The second-order valence-corrected chi connectivity index (χ2v) is 5.50. The number of hydrogen-bond donors (Lipinski definition) is 2. The summed E-state index contributed by atoms with van der Waals surface area (Å²) < 4.78 is 0. The van der Waals surface area contributed by atoms with Crippen LogP contribution in [-0.4, -0.2) is 34.3 Å². The highest BCUT2D eigenvalue weighted by atomic mass is 32.2. The van der Waals surface area contributed by atoms with E-state index in [0.717, 1.165) is 11.3 Å². The number of aliphatic hydroxyl groups excluding tert-OH is 1. The lowest BCUT2D eigenvalue weighted by molar-refractivity contribution is -0.138. The maximum absolute atomic E-state index is 11.1. The second kappa shape index (κ2) is 5.10. The Morgan fingerprint density at radius 3 is 2.65 bits per heavy atom. The average molecular weight is 252 g/mol. The number of rotatable bonds is 6. The molecule has 3 nitrogen and oxygen atoms in total. The molecule has 2 unspecified atom stereocenters. The van der Waals surface area contributed by atoms with Gasteiger partial charge in [0.05, 0.1) is 12.5 Å². The molecule has 1 aromatic carbocycles. The van der Waals surface area contributed by atoms with Gasteiger partial charge in [0.1, 0.15) is 0 Å². The van der Waals surface area contributed by atoms with E-state index in [-0.39, 0.29) is 17.9 Å². The van der Waals surface area contributed by atoms with Gasteiger partial charge in [-0.1, -0.05) is 30.3 Å². The van der Waals surface area contributed by atoms with Crippen molar-refractivity contribution in [2.24, 2.45) is 5.92 Å². The van der Waals surface area contributed by atoms with Gasteiger partial charge in [0.15, 0.2) is 0 Å². The van der Waals surface area contributed by atoms with Crippen LogP contribution in [0.25, 0.3) is 0 Å². The molecule has 0 radical (unpaired) electrons. The van der Waals surface area contributed by atoms with Crippen molar-refractivity contribution in [1.29, 1.82) is 0 Å². The monoisotopic (exact) mass is 252 g/mol. The summed E-state index contributed by atoms with van der Waals surface area (Å²) in [6, 6.07) is 9.84. The zero-order chi connectivity index (χ0) is 12.3. The van der Waals surface area contributed by atoms with E-state index in [2.05, 4.69) is 0 Å². The molecule has 4 heteroatoms. The Hall–Kier alpha value is -1.00. The molecule has 0 bridgehead atoms. The summed E-state index contributed by atoms with van der Waals surface area (Å²) in [7, 11) is 0. The highest BCUT2D eigenvalue weighted by molar-refractivity contribution is 7.99. The number of carboxylic acid groups (broad SMARTS) is 1. The van der Waals surface area contributed by atoms with Gasteiger partial charge in [0.2, 0.25) is 0 Å². The largest absolute Gasteiger partial charge is 0.481 e. The van der Waals surface area contributed by atoms with Gasteiger partial charge >= 0.3 is 5.97 Å². The Bertz CT molecular complexity index is 393. The van der Waals surface area contributed by atoms with Crippen LogP contribution in [0.15, 0.2) is 30.3 Å². The first-order valence-electron chi connectivity index (χ1n) is 5.67. The molecule has 1 saturated carbocycles. The van der Waals surface area contributed by atoms with Gasteiger partial charge in [-0.2, -0.15) is 11.8 Å². The molecule has 2 rings (SSSR count). The van der Waals surface area contributed by atoms with Crippen molar-refractivity contribution >= 4 is 17.7 Å². The van der Waals surface area contributed by atoms with Crippen molar-refractivity contribution in [1.82, 2.24) is 0 Å². The Balaban J connectivity index is 2.13. The predicted octanol–water partition coefficient (Wildman–Crippen LogP) is 1.75. The van der Waals surface area contributed by atoms with Gasteiger partial charge in [-0.25, -0.2) is 0 Å². The first-order chi connectivity index (χ1) is 8.20. The van der Waals surface area contributed by atoms with Crippen LogP contribution >= 0.6 is 11.8 Å². The maximum atomic E-state index is 11.1. The minimum absolute atomic E-state index is 0.146. The van der Waals surface area contributed by atoms with E-state index in [9.17, 15) is 4.79 Å². The van der Waals surface area contributed by atoms with Crippen LogP contribution in [0.4, 0.5) is 0 Å². The minimum Gasteiger partial charge on any atom is -0.481 e. The fraction of sp³-hybridized carbons (Fsp3) is 0.462. The third-order valence-electron chi connectivity index (χ3n) is 3.32. The molecule has 2 N–H and O–H groups in total. The SMILES string of the molecule is O=C(O)C1CC1(CSCCO)c1ccccc1. The van der Waals surface area contributed by atoms with Gasteiger partial charge in [-0.05, 0) is 12.0 Å². The third kappa shape index (κ3) is 2.48. The summed E-state index contributed by atoms with van der Waals surface area (Å²) in [4.78, 5) is 11.1. The fourth-order valence-electron chi connectivity index (χ4n) is 2.28. The van der Waals surface area contributed by atoms with Crippen molar-refractivity contribution in [3.8, 4) is 0 Å². The topological polar surface area (TPSA) is 57.5 Å². The zero-order valence-corrected chi connectivity index (χ0v) is 10.3. The molecule has 0 aliphatic heterocycles. The first kappa shape index (κ1) is 12.5. The second-order valence-electron chi connectivity index (χ2n) is 4.39. The summed E-state index contributed by atoms with van der Waals surface area (Å²) in [5.74, 6) is 0.463. The number of hydrogen-bond acceptors (Lipinski definition) is 3. The smallest absolute Gasteiger partial charge is 0.307 e. The highest BCUT2D eigenvalue weighted by Crippen LogP contribution is 2.56. The van der Waals surface area contributed by atoms with Crippen LogP contribution in [-0.2, 0) is 10.2 Å². The van der Waals surface area contributed by atoms with E-state index in [1.165, 1.54) is 0 Å².